The summed E-state index contributed by atoms with van der Waals surface area (Å²) >= 11 is 0. The van der Waals surface area contributed by atoms with Gasteiger partial charge in [-0.1, -0.05) is 36.4 Å². The Morgan fingerprint density at radius 3 is 2.18 bits per heavy atom. The number of rotatable bonds is 6. The first kappa shape index (κ1) is 22.0. The summed E-state index contributed by atoms with van der Waals surface area (Å²) in [4.78, 5) is 27.9. The minimum absolute atomic E-state index is 0.0301. The summed E-state index contributed by atoms with van der Waals surface area (Å²) in [6, 6.07) is 19.7. The molecule has 0 aromatic heterocycles. The van der Waals surface area contributed by atoms with Crippen LogP contribution >= 0.6 is 0 Å². The minimum atomic E-state index is -0.932. The summed E-state index contributed by atoms with van der Waals surface area (Å²) in [6.45, 7) is 0. The van der Waals surface area contributed by atoms with Crippen LogP contribution in [0.5, 0.6) is 17.2 Å². The molecule has 1 fully saturated rings. The Bertz CT molecular complexity index is 1230. The van der Waals surface area contributed by atoms with E-state index < -0.39 is 17.7 Å². The molecule has 0 aliphatic carbocycles. The minimum Gasteiger partial charge on any atom is -0.507 e. The van der Waals surface area contributed by atoms with Gasteiger partial charge in [-0.3, -0.25) is 14.5 Å². The highest BCUT2D eigenvalue weighted by atomic mass is 16.5. The number of nitrogens with zero attached hydrogens (tertiary/aromatic N) is 1. The number of Topliss-reactive ketones (excluding diaryl/α,β-unsaturated/α-hetero) is 1. The first-order chi connectivity index (χ1) is 16.0. The molecule has 0 spiro atoms. The molecule has 1 amide bonds. The molecule has 4 rings (SSSR count). The summed E-state index contributed by atoms with van der Waals surface area (Å²) in [5.41, 5.74) is 1.38. The first-order valence-electron chi connectivity index (χ1n) is 10.2. The highest BCUT2D eigenvalue weighted by molar-refractivity contribution is 6.51. The van der Waals surface area contributed by atoms with Crippen LogP contribution in [-0.4, -0.2) is 38.1 Å². The molecule has 0 saturated carbocycles. The molecule has 7 nitrogen and oxygen atoms in total. The van der Waals surface area contributed by atoms with Crippen molar-refractivity contribution in [2.24, 2.45) is 0 Å². The smallest absolute Gasteiger partial charge is 0.300 e. The Kier molecular flexibility index (Phi) is 6.04. The maximum atomic E-state index is 13.3. The molecule has 3 aromatic carbocycles. The van der Waals surface area contributed by atoms with E-state index in [1.807, 2.05) is 0 Å². The van der Waals surface area contributed by atoms with Gasteiger partial charge in [-0.15, -0.1) is 0 Å². The molecule has 1 unspecified atom stereocenters. The standard InChI is InChI=1S/C26H23NO6/c1-31-18-11-7-10-17(14-18)27-23(20-13-12-19(32-2)15-21(20)33-3)22(25(29)26(27)30)24(28)16-8-5-4-6-9-16/h4-15,23,28H,1-3H3. The molecule has 1 aliphatic heterocycles. The number of anilines is 1. The van der Waals surface area contributed by atoms with Crippen molar-refractivity contribution in [3.05, 3.63) is 89.5 Å². The number of ketones is 1. The Morgan fingerprint density at radius 1 is 0.818 bits per heavy atom. The zero-order valence-corrected chi connectivity index (χ0v) is 18.4. The summed E-state index contributed by atoms with van der Waals surface area (Å²) in [6.07, 6.45) is 0. The Labute approximate surface area is 191 Å². The molecule has 0 radical (unpaired) electrons. The molecule has 33 heavy (non-hydrogen) atoms. The monoisotopic (exact) mass is 445 g/mol. The number of hydrogen-bond acceptors (Lipinski definition) is 6. The van der Waals surface area contributed by atoms with E-state index in [9.17, 15) is 14.7 Å². The Morgan fingerprint density at radius 2 is 1.52 bits per heavy atom. The van der Waals surface area contributed by atoms with E-state index in [0.29, 0.717) is 34.1 Å². The fraction of sp³-hybridized carbons (Fsp3) is 0.154. The van der Waals surface area contributed by atoms with Crippen molar-refractivity contribution < 1.29 is 28.9 Å². The summed E-state index contributed by atoms with van der Waals surface area (Å²) in [5.74, 6) is -0.323. The van der Waals surface area contributed by atoms with Crippen molar-refractivity contribution in [1.29, 1.82) is 0 Å². The lowest BCUT2D eigenvalue weighted by molar-refractivity contribution is -0.132. The van der Waals surface area contributed by atoms with E-state index in [-0.39, 0.29) is 11.3 Å². The zero-order valence-electron chi connectivity index (χ0n) is 18.4. The molecule has 1 heterocycles. The van der Waals surface area contributed by atoms with Gasteiger partial charge in [0.1, 0.15) is 23.0 Å². The highest BCUT2D eigenvalue weighted by Crippen LogP contribution is 2.46. The van der Waals surface area contributed by atoms with Crippen LogP contribution in [0.2, 0.25) is 0 Å². The first-order valence-corrected chi connectivity index (χ1v) is 10.2. The number of benzene rings is 3. The fourth-order valence-electron chi connectivity index (χ4n) is 3.95. The van der Waals surface area contributed by atoms with Gasteiger partial charge in [-0.2, -0.15) is 0 Å². The third kappa shape index (κ3) is 3.89. The van der Waals surface area contributed by atoms with Gasteiger partial charge in [-0.25, -0.2) is 0 Å². The van der Waals surface area contributed by atoms with Gasteiger partial charge >= 0.3 is 0 Å². The van der Waals surface area contributed by atoms with Gasteiger partial charge < -0.3 is 19.3 Å². The maximum absolute atomic E-state index is 13.3. The van der Waals surface area contributed by atoms with E-state index in [4.69, 9.17) is 14.2 Å². The van der Waals surface area contributed by atoms with Crippen molar-refractivity contribution in [3.8, 4) is 17.2 Å². The molecular weight excluding hydrogens is 422 g/mol. The number of hydrogen-bond donors (Lipinski definition) is 1. The summed E-state index contributed by atoms with van der Waals surface area (Å²) < 4.78 is 16.2. The second-order valence-corrected chi connectivity index (χ2v) is 7.34. The van der Waals surface area contributed by atoms with Crippen molar-refractivity contribution in [1.82, 2.24) is 0 Å². The van der Waals surface area contributed by atoms with E-state index in [2.05, 4.69) is 0 Å². The lowest BCUT2D eigenvalue weighted by Crippen LogP contribution is -2.29. The molecule has 1 atom stereocenters. The number of aliphatic hydroxyl groups excluding tert-OH is 1. The second-order valence-electron chi connectivity index (χ2n) is 7.34. The number of methoxy groups -OCH3 is 3. The van der Waals surface area contributed by atoms with Crippen LogP contribution in [0.25, 0.3) is 5.76 Å². The van der Waals surface area contributed by atoms with Gasteiger partial charge in [0.2, 0.25) is 0 Å². The van der Waals surface area contributed by atoms with E-state index >= 15 is 0 Å². The number of aliphatic hydroxyl groups is 1. The van der Waals surface area contributed by atoms with Crippen LogP contribution in [-0.2, 0) is 9.59 Å². The molecule has 3 aromatic rings. The van der Waals surface area contributed by atoms with Crippen LogP contribution in [0.1, 0.15) is 17.2 Å². The molecule has 1 saturated heterocycles. The number of carbonyl (C=O) groups is 2. The van der Waals surface area contributed by atoms with Crippen molar-refractivity contribution in [3.63, 3.8) is 0 Å². The third-order valence-electron chi connectivity index (χ3n) is 5.56. The second kappa shape index (κ2) is 9.08. The van der Waals surface area contributed by atoms with Crippen molar-refractivity contribution in [2.45, 2.75) is 6.04 Å². The van der Waals surface area contributed by atoms with Crippen LogP contribution in [0.4, 0.5) is 5.69 Å². The van der Waals surface area contributed by atoms with E-state index in [1.165, 1.54) is 26.2 Å². The maximum Gasteiger partial charge on any atom is 0.300 e. The normalized spacial score (nSPS) is 17.2. The van der Waals surface area contributed by atoms with Gasteiger partial charge in [-0.05, 0) is 24.3 Å². The van der Waals surface area contributed by atoms with Gasteiger partial charge in [0.25, 0.3) is 11.7 Å². The predicted molar refractivity (Wildman–Crippen MR) is 124 cm³/mol. The summed E-state index contributed by atoms with van der Waals surface area (Å²) in [7, 11) is 4.55. The molecule has 168 valence electrons. The number of carbonyl (C=O) groups excluding carboxylic acids is 2. The zero-order chi connectivity index (χ0) is 23.5. The summed E-state index contributed by atoms with van der Waals surface area (Å²) in [5, 5.41) is 11.2. The molecule has 1 aliphatic rings. The lowest BCUT2D eigenvalue weighted by atomic mass is 9.94. The molecule has 1 N–H and O–H groups in total. The van der Waals surface area contributed by atoms with Crippen LogP contribution in [0, 0.1) is 0 Å². The molecular formula is C26H23NO6. The average Bonchev–Trinajstić information content (AvgIpc) is 3.13. The molecule has 0 bridgehead atoms. The average molecular weight is 445 g/mol. The van der Waals surface area contributed by atoms with Gasteiger partial charge in [0.05, 0.1) is 32.9 Å². The van der Waals surface area contributed by atoms with Gasteiger partial charge in [0, 0.05) is 28.9 Å². The van der Waals surface area contributed by atoms with Crippen molar-refractivity contribution in [2.75, 3.05) is 26.2 Å². The van der Waals surface area contributed by atoms with Crippen LogP contribution in [0.3, 0.4) is 0 Å². The third-order valence-corrected chi connectivity index (χ3v) is 5.56. The lowest BCUT2D eigenvalue weighted by Gasteiger charge is -2.27. The quantitative estimate of drug-likeness (QED) is 0.345. The SMILES string of the molecule is COc1cccc(N2C(=O)C(=O)C(=C(O)c3ccccc3)C2c2ccc(OC)cc2OC)c1. The topological polar surface area (TPSA) is 85.3 Å². The number of ether oxygens (including phenoxy) is 3. The molecule has 7 heteroatoms. The fourth-order valence-corrected chi connectivity index (χ4v) is 3.95. The Hall–Kier alpha value is -4.26. The van der Waals surface area contributed by atoms with Crippen molar-refractivity contribution >= 4 is 23.1 Å². The van der Waals surface area contributed by atoms with E-state index in [1.54, 1.807) is 72.8 Å². The Balaban J connectivity index is 1.99. The highest BCUT2D eigenvalue weighted by Gasteiger charge is 2.48. The predicted octanol–water partition coefficient (Wildman–Crippen LogP) is 4.34. The van der Waals surface area contributed by atoms with Gasteiger partial charge in [0.15, 0.2) is 0 Å². The number of amides is 1. The largest absolute Gasteiger partial charge is 0.507 e. The van der Waals surface area contributed by atoms with Crippen LogP contribution in [0.15, 0.2) is 78.4 Å². The van der Waals surface area contributed by atoms with Crippen LogP contribution < -0.4 is 19.1 Å². The van der Waals surface area contributed by atoms with E-state index in [0.717, 1.165) is 0 Å².